The molecule has 1 aliphatic rings. The molecule has 0 saturated heterocycles. The van der Waals surface area contributed by atoms with Gasteiger partial charge in [0.25, 0.3) is 0 Å². The Bertz CT molecular complexity index is 852. The van der Waals surface area contributed by atoms with Crippen LogP contribution in [0.15, 0.2) is 59.3 Å². The molecule has 0 bridgehead atoms. The van der Waals surface area contributed by atoms with Crippen LogP contribution in [0, 0.1) is 4.91 Å². The minimum absolute atomic E-state index is 0.0207. The number of carbonyl (C=O) groups is 1. The summed E-state index contributed by atoms with van der Waals surface area (Å²) >= 11 is 0. The maximum absolute atomic E-state index is 12.2. The highest BCUT2D eigenvalue weighted by molar-refractivity contribution is 5.98. The second-order valence-electron chi connectivity index (χ2n) is 5.64. The molecule has 5 nitrogen and oxygen atoms in total. The van der Waals surface area contributed by atoms with Gasteiger partial charge in [0.1, 0.15) is 5.69 Å². The van der Waals surface area contributed by atoms with Crippen LogP contribution in [0.4, 0.5) is 5.69 Å². The van der Waals surface area contributed by atoms with Crippen LogP contribution in [-0.2, 0) is 4.74 Å². The number of hydrogen-bond acceptors (Lipinski definition) is 5. The lowest BCUT2D eigenvalue weighted by atomic mass is 10.0. The van der Waals surface area contributed by atoms with Crippen molar-refractivity contribution in [2.24, 2.45) is 5.18 Å². The summed E-state index contributed by atoms with van der Waals surface area (Å²) < 4.78 is 5.32. The number of nitroso groups, excluding NO2 is 1. The molecule has 0 aliphatic heterocycles. The number of nitrogens with zero attached hydrogens (tertiary/aromatic N) is 1. The van der Waals surface area contributed by atoms with E-state index in [-0.39, 0.29) is 11.4 Å². The average Bonchev–Trinajstić information content (AvgIpc) is 2.70. The first kappa shape index (κ1) is 19.4. The number of esters is 1. The summed E-state index contributed by atoms with van der Waals surface area (Å²) in [5.74, 6) is -0.583. The van der Waals surface area contributed by atoms with Crippen molar-refractivity contribution in [2.45, 2.75) is 33.1 Å². The molecule has 0 heterocycles. The molecule has 2 aromatic rings. The van der Waals surface area contributed by atoms with Crippen LogP contribution in [0.2, 0.25) is 0 Å². The molecule has 0 saturated carbocycles. The Morgan fingerprint density at radius 1 is 1.23 bits per heavy atom. The van der Waals surface area contributed by atoms with Crippen molar-refractivity contribution in [1.82, 2.24) is 0 Å². The third kappa shape index (κ3) is 4.57. The zero-order chi connectivity index (χ0) is 18.9. The number of benzene rings is 2. The van der Waals surface area contributed by atoms with E-state index >= 15 is 0 Å². The van der Waals surface area contributed by atoms with Gasteiger partial charge in [-0.2, -0.15) is 0 Å². The molecule has 0 atom stereocenters. The highest BCUT2D eigenvalue weighted by atomic mass is 16.5. The van der Waals surface area contributed by atoms with Gasteiger partial charge < -0.3 is 9.84 Å². The van der Waals surface area contributed by atoms with Gasteiger partial charge in [-0.3, -0.25) is 0 Å². The van der Waals surface area contributed by atoms with Gasteiger partial charge in [0.15, 0.2) is 5.75 Å². The summed E-state index contributed by atoms with van der Waals surface area (Å²) in [6.07, 6.45) is 8.99. The van der Waals surface area contributed by atoms with E-state index in [2.05, 4.69) is 17.3 Å². The summed E-state index contributed by atoms with van der Waals surface area (Å²) in [6, 6.07) is 7.85. The fourth-order valence-corrected chi connectivity index (χ4v) is 2.72. The molecular weight excluding hydrogens is 330 g/mol. The van der Waals surface area contributed by atoms with Gasteiger partial charge in [-0.1, -0.05) is 43.7 Å². The fourth-order valence-electron chi connectivity index (χ4n) is 2.72. The Labute approximate surface area is 153 Å². The van der Waals surface area contributed by atoms with Gasteiger partial charge in [-0.25, -0.2) is 4.79 Å². The fraction of sp³-hybridized carbons (Fsp3) is 0.286. The van der Waals surface area contributed by atoms with E-state index in [1.165, 1.54) is 11.6 Å². The highest BCUT2D eigenvalue weighted by Gasteiger charge is 2.12. The van der Waals surface area contributed by atoms with Crippen molar-refractivity contribution < 1.29 is 14.6 Å². The minimum Gasteiger partial charge on any atom is -0.505 e. The Morgan fingerprint density at radius 2 is 2.04 bits per heavy atom. The van der Waals surface area contributed by atoms with E-state index in [9.17, 15) is 14.8 Å². The van der Waals surface area contributed by atoms with E-state index in [4.69, 9.17) is 4.74 Å². The minimum atomic E-state index is -0.402. The molecule has 0 aromatic heterocycles. The van der Waals surface area contributed by atoms with Crippen molar-refractivity contribution in [3.63, 3.8) is 0 Å². The summed E-state index contributed by atoms with van der Waals surface area (Å²) in [5, 5.41) is 13.8. The molecule has 0 fully saturated rings. The van der Waals surface area contributed by atoms with E-state index in [1.807, 2.05) is 19.9 Å². The predicted octanol–water partition coefficient (Wildman–Crippen LogP) is 5.79. The standard InChI is InChI=1S/C19H17NO4.C2H6/c21-18-16-8-6-15(12-14(16)7-9-17(18)20-23)19(22)24-11-10-13-4-2-1-3-5-13;1-2/h1-2,4,6-9,12,21H,3,5,10-11H2;1-2H3. The molecule has 26 heavy (non-hydrogen) atoms. The van der Waals surface area contributed by atoms with E-state index in [0.717, 1.165) is 19.3 Å². The van der Waals surface area contributed by atoms with Gasteiger partial charge in [0.05, 0.1) is 12.2 Å². The number of allylic oxidation sites excluding steroid dienone is 3. The smallest absolute Gasteiger partial charge is 0.338 e. The molecule has 3 rings (SSSR count). The summed E-state index contributed by atoms with van der Waals surface area (Å²) in [6.45, 7) is 4.34. The lowest BCUT2D eigenvalue weighted by Crippen LogP contribution is -2.07. The van der Waals surface area contributed by atoms with Crippen LogP contribution in [0.25, 0.3) is 10.8 Å². The Balaban J connectivity index is 0.00000117. The number of hydrogen-bond donors (Lipinski definition) is 1. The SMILES string of the molecule is CC.O=Nc1ccc2cc(C(=O)OCCC3=CC=CCC3)ccc2c1O. The molecule has 0 radical (unpaired) electrons. The zero-order valence-electron chi connectivity index (χ0n) is 15.1. The van der Waals surface area contributed by atoms with Crippen LogP contribution in [0.3, 0.4) is 0 Å². The number of aromatic hydroxyl groups is 1. The largest absolute Gasteiger partial charge is 0.505 e. The molecule has 0 spiro atoms. The van der Waals surface area contributed by atoms with Crippen LogP contribution in [-0.4, -0.2) is 17.7 Å². The molecule has 0 amide bonds. The van der Waals surface area contributed by atoms with E-state index in [0.29, 0.717) is 22.9 Å². The van der Waals surface area contributed by atoms with Crippen molar-refractivity contribution in [1.29, 1.82) is 0 Å². The number of phenols is 1. The normalized spacial score (nSPS) is 12.8. The third-order valence-corrected chi connectivity index (χ3v) is 4.06. The summed E-state index contributed by atoms with van der Waals surface area (Å²) in [5.41, 5.74) is 1.67. The molecule has 2 aromatic carbocycles. The molecule has 0 unspecified atom stereocenters. The second-order valence-corrected chi connectivity index (χ2v) is 5.64. The van der Waals surface area contributed by atoms with Gasteiger partial charge in [0.2, 0.25) is 0 Å². The first-order valence-corrected chi connectivity index (χ1v) is 8.80. The van der Waals surface area contributed by atoms with Crippen LogP contribution in [0.5, 0.6) is 5.75 Å². The number of carbonyl (C=O) groups excluding carboxylic acids is 1. The molecule has 1 N–H and O–H groups in total. The Hall–Kier alpha value is -2.95. The first-order valence-electron chi connectivity index (χ1n) is 8.80. The molecule has 5 heteroatoms. The maximum Gasteiger partial charge on any atom is 0.338 e. The Morgan fingerprint density at radius 3 is 2.73 bits per heavy atom. The number of rotatable bonds is 5. The van der Waals surface area contributed by atoms with Gasteiger partial charge >= 0.3 is 5.97 Å². The summed E-state index contributed by atoms with van der Waals surface area (Å²) in [7, 11) is 0. The monoisotopic (exact) mass is 353 g/mol. The number of ether oxygens (including phenoxy) is 1. The molecular formula is C21H23NO4. The van der Waals surface area contributed by atoms with Crippen molar-refractivity contribution in [3.05, 3.63) is 64.6 Å². The van der Waals surface area contributed by atoms with Gasteiger partial charge in [-0.15, -0.1) is 4.91 Å². The Kier molecular flexibility index (Phi) is 7.09. The average molecular weight is 353 g/mol. The zero-order valence-corrected chi connectivity index (χ0v) is 15.1. The topological polar surface area (TPSA) is 76.0 Å². The van der Waals surface area contributed by atoms with Gasteiger partial charge in [0, 0.05) is 11.8 Å². The van der Waals surface area contributed by atoms with E-state index < -0.39 is 5.97 Å². The van der Waals surface area contributed by atoms with Gasteiger partial charge in [-0.05, 0) is 47.7 Å². The van der Waals surface area contributed by atoms with E-state index in [1.54, 1.807) is 24.3 Å². The number of fused-ring (bicyclic) bond motifs is 1. The second kappa shape index (κ2) is 9.51. The molecule has 136 valence electrons. The predicted molar refractivity (Wildman–Crippen MR) is 104 cm³/mol. The molecule has 1 aliphatic carbocycles. The van der Waals surface area contributed by atoms with Crippen molar-refractivity contribution >= 4 is 22.4 Å². The van der Waals surface area contributed by atoms with Crippen LogP contribution < -0.4 is 0 Å². The third-order valence-electron chi connectivity index (χ3n) is 4.06. The number of phenolic OH excluding ortho intramolecular Hbond substituents is 1. The first-order chi connectivity index (χ1) is 12.7. The lowest BCUT2D eigenvalue weighted by Gasteiger charge is -2.10. The highest BCUT2D eigenvalue weighted by Crippen LogP contribution is 2.34. The quantitative estimate of drug-likeness (QED) is 0.545. The van der Waals surface area contributed by atoms with Crippen LogP contribution >= 0.6 is 0 Å². The lowest BCUT2D eigenvalue weighted by molar-refractivity contribution is 0.0509. The maximum atomic E-state index is 12.2. The van der Waals surface area contributed by atoms with Crippen molar-refractivity contribution in [3.8, 4) is 5.75 Å². The van der Waals surface area contributed by atoms with Crippen molar-refractivity contribution in [2.75, 3.05) is 6.61 Å². The van der Waals surface area contributed by atoms with Crippen LogP contribution in [0.1, 0.15) is 43.5 Å². The summed E-state index contributed by atoms with van der Waals surface area (Å²) in [4.78, 5) is 22.8.